The van der Waals surface area contributed by atoms with Crippen LogP contribution < -0.4 is 4.90 Å². The van der Waals surface area contributed by atoms with E-state index in [1.807, 2.05) is 12.1 Å². The molecule has 1 aliphatic carbocycles. The SMILES string of the molecule is CC1(C)c2ccccc2-c2c(-c3ccccc3N(c3ccc(-c4ccc5oc6ccccc6c5c4)cc3)c3ccc(-c4ccccc4)cc3-c3ccccc3)cccc21. The fourth-order valence-electron chi connectivity index (χ4n) is 9.38. The van der Waals surface area contributed by atoms with Gasteiger partial charge in [-0.05, 0) is 104 Å². The Balaban J connectivity index is 1.13. The van der Waals surface area contributed by atoms with Crippen molar-refractivity contribution in [1.82, 2.24) is 0 Å². The number of hydrogen-bond acceptors (Lipinski definition) is 2. The van der Waals surface area contributed by atoms with Crippen molar-refractivity contribution in [1.29, 1.82) is 0 Å². The lowest BCUT2D eigenvalue weighted by molar-refractivity contribution is 0.660. The zero-order chi connectivity index (χ0) is 39.5. The first-order chi connectivity index (χ1) is 29.0. The zero-order valence-electron chi connectivity index (χ0n) is 33.1. The Morgan fingerprint density at radius 3 is 1.73 bits per heavy atom. The second-order valence-corrected chi connectivity index (χ2v) is 16.1. The molecule has 0 saturated heterocycles. The average molecular weight is 756 g/mol. The predicted molar refractivity (Wildman–Crippen MR) is 248 cm³/mol. The van der Waals surface area contributed by atoms with Gasteiger partial charge in [-0.15, -0.1) is 0 Å². The lowest BCUT2D eigenvalue weighted by Crippen LogP contribution is -2.15. The van der Waals surface area contributed by atoms with Gasteiger partial charge in [0.05, 0.1) is 11.4 Å². The van der Waals surface area contributed by atoms with Crippen LogP contribution in [0, 0.1) is 0 Å². The molecule has 0 fully saturated rings. The van der Waals surface area contributed by atoms with Gasteiger partial charge < -0.3 is 9.32 Å². The van der Waals surface area contributed by atoms with E-state index in [2.05, 4.69) is 219 Å². The molecule has 0 unspecified atom stereocenters. The molecule has 0 bridgehead atoms. The smallest absolute Gasteiger partial charge is 0.135 e. The monoisotopic (exact) mass is 755 g/mol. The maximum absolute atomic E-state index is 6.18. The molecule has 0 amide bonds. The van der Waals surface area contributed by atoms with Crippen LogP contribution >= 0.6 is 0 Å². The van der Waals surface area contributed by atoms with Crippen molar-refractivity contribution in [2.75, 3.05) is 4.90 Å². The molecule has 59 heavy (non-hydrogen) atoms. The molecule has 9 aromatic carbocycles. The number of hydrogen-bond donors (Lipinski definition) is 0. The third-order valence-corrected chi connectivity index (χ3v) is 12.3. The van der Waals surface area contributed by atoms with Gasteiger partial charge in [0.2, 0.25) is 0 Å². The molecule has 0 spiro atoms. The van der Waals surface area contributed by atoms with Gasteiger partial charge in [-0.1, -0.05) is 178 Å². The quantitative estimate of drug-likeness (QED) is 0.161. The number of anilines is 3. The van der Waals surface area contributed by atoms with Gasteiger partial charge in [0.25, 0.3) is 0 Å². The van der Waals surface area contributed by atoms with E-state index in [0.29, 0.717) is 0 Å². The Morgan fingerprint density at radius 1 is 0.356 bits per heavy atom. The highest BCUT2D eigenvalue weighted by Crippen LogP contribution is 2.54. The number of nitrogens with zero attached hydrogens (tertiary/aromatic N) is 1. The summed E-state index contributed by atoms with van der Waals surface area (Å²) in [6, 6.07) is 77.0. The van der Waals surface area contributed by atoms with Crippen LogP contribution in [0.25, 0.3) is 77.6 Å². The molecule has 10 aromatic rings. The van der Waals surface area contributed by atoms with Crippen molar-refractivity contribution in [3.63, 3.8) is 0 Å². The first kappa shape index (κ1) is 34.8. The van der Waals surface area contributed by atoms with Crippen LogP contribution in [0.4, 0.5) is 17.1 Å². The van der Waals surface area contributed by atoms with Gasteiger partial charge in [0, 0.05) is 33.0 Å². The number of para-hydroxylation sites is 2. The van der Waals surface area contributed by atoms with E-state index in [0.717, 1.165) is 61.3 Å². The summed E-state index contributed by atoms with van der Waals surface area (Å²) in [4.78, 5) is 2.47. The van der Waals surface area contributed by atoms with Crippen LogP contribution in [-0.2, 0) is 5.41 Å². The van der Waals surface area contributed by atoms with Gasteiger partial charge in [-0.2, -0.15) is 0 Å². The third-order valence-electron chi connectivity index (χ3n) is 12.3. The molecule has 2 nitrogen and oxygen atoms in total. The summed E-state index contributed by atoms with van der Waals surface area (Å²) in [5.74, 6) is 0. The van der Waals surface area contributed by atoms with Gasteiger partial charge in [0.15, 0.2) is 0 Å². The minimum atomic E-state index is -0.105. The molecule has 0 saturated carbocycles. The Hall–Kier alpha value is -7.42. The molecular weight excluding hydrogens is 715 g/mol. The molecule has 2 heteroatoms. The van der Waals surface area contributed by atoms with Crippen molar-refractivity contribution < 1.29 is 4.42 Å². The number of rotatable bonds is 7. The minimum absolute atomic E-state index is 0.105. The molecule has 0 aliphatic heterocycles. The summed E-state index contributed by atoms with van der Waals surface area (Å²) in [7, 11) is 0. The summed E-state index contributed by atoms with van der Waals surface area (Å²) in [6.07, 6.45) is 0. The highest BCUT2D eigenvalue weighted by Gasteiger charge is 2.37. The van der Waals surface area contributed by atoms with Crippen LogP contribution in [0.2, 0.25) is 0 Å². The minimum Gasteiger partial charge on any atom is -0.456 e. The zero-order valence-corrected chi connectivity index (χ0v) is 33.1. The van der Waals surface area contributed by atoms with Crippen molar-refractivity contribution in [3.8, 4) is 55.6 Å². The number of fused-ring (bicyclic) bond motifs is 6. The molecule has 0 radical (unpaired) electrons. The summed E-state index contributed by atoms with van der Waals surface area (Å²) in [5, 5.41) is 2.26. The molecule has 0 atom stereocenters. The summed E-state index contributed by atoms with van der Waals surface area (Å²) in [6.45, 7) is 4.71. The Kier molecular flexibility index (Phi) is 8.20. The van der Waals surface area contributed by atoms with Gasteiger partial charge >= 0.3 is 0 Å². The molecule has 1 aliphatic rings. The highest BCUT2D eigenvalue weighted by atomic mass is 16.3. The first-order valence-electron chi connectivity index (χ1n) is 20.4. The fraction of sp³-hybridized carbons (Fsp3) is 0.0526. The number of benzene rings is 9. The van der Waals surface area contributed by atoms with E-state index in [-0.39, 0.29) is 5.41 Å². The Labute approximate surface area is 345 Å². The summed E-state index contributed by atoms with van der Waals surface area (Å²) >= 11 is 0. The largest absolute Gasteiger partial charge is 0.456 e. The van der Waals surface area contributed by atoms with Crippen molar-refractivity contribution in [2.24, 2.45) is 0 Å². The third kappa shape index (κ3) is 5.79. The summed E-state index contributed by atoms with van der Waals surface area (Å²) < 4.78 is 6.18. The van der Waals surface area contributed by atoms with E-state index in [1.54, 1.807) is 0 Å². The molecule has 280 valence electrons. The van der Waals surface area contributed by atoms with Gasteiger partial charge in [-0.25, -0.2) is 0 Å². The number of furan rings is 1. The van der Waals surface area contributed by atoms with E-state index >= 15 is 0 Å². The maximum atomic E-state index is 6.18. The standard InChI is InChI=1S/C57H41NO/c1-57(2)50-24-12-9-22-47(50)56-46(23-15-25-51(56)57)44-20-10-13-26-52(44)58(53-34-30-41(38-16-5-3-6-17-38)36-48(53)40-18-7-4-8-19-40)43-32-28-39(29-33-43)42-31-35-55-49(37-42)45-21-11-14-27-54(45)59-55/h3-37H,1-2H3. The van der Waals surface area contributed by atoms with Gasteiger partial charge in [0.1, 0.15) is 11.2 Å². The summed E-state index contributed by atoms with van der Waals surface area (Å²) in [5.41, 5.74) is 19.8. The van der Waals surface area contributed by atoms with Crippen molar-refractivity contribution in [2.45, 2.75) is 19.3 Å². The molecular formula is C57H41NO. The fourth-order valence-corrected chi connectivity index (χ4v) is 9.38. The Morgan fingerprint density at radius 2 is 0.915 bits per heavy atom. The second kappa shape index (κ2) is 13.9. The maximum Gasteiger partial charge on any atom is 0.135 e. The van der Waals surface area contributed by atoms with Crippen LogP contribution in [0.1, 0.15) is 25.0 Å². The van der Waals surface area contributed by atoms with Crippen molar-refractivity contribution >= 4 is 39.0 Å². The van der Waals surface area contributed by atoms with Crippen molar-refractivity contribution in [3.05, 3.63) is 223 Å². The van der Waals surface area contributed by atoms with E-state index in [4.69, 9.17) is 4.42 Å². The van der Waals surface area contributed by atoms with Crippen LogP contribution in [0.3, 0.4) is 0 Å². The lowest BCUT2D eigenvalue weighted by Gasteiger charge is -2.31. The Bertz CT molecular complexity index is 3170. The van der Waals surface area contributed by atoms with Crippen LogP contribution in [0.5, 0.6) is 0 Å². The predicted octanol–water partition coefficient (Wildman–Crippen LogP) is 16.0. The average Bonchev–Trinajstić information content (AvgIpc) is 3.79. The van der Waals surface area contributed by atoms with Crippen LogP contribution in [-0.4, -0.2) is 0 Å². The molecule has 11 rings (SSSR count). The normalized spacial score (nSPS) is 12.7. The van der Waals surface area contributed by atoms with Crippen LogP contribution in [0.15, 0.2) is 217 Å². The molecule has 1 aromatic heterocycles. The van der Waals surface area contributed by atoms with E-state index in [9.17, 15) is 0 Å². The lowest BCUT2D eigenvalue weighted by atomic mass is 9.82. The molecule has 1 heterocycles. The topological polar surface area (TPSA) is 16.4 Å². The highest BCUT2D eigenvalue weighted by molar-refractivity contribution is 6.06. The molecule has 0 N–H and O–H groups in total. The second-order valence-electron chi connectivity index (χ2n) is 16.1. The first-order valence-corrected chi connectivity index (χ1v) is 20.4. The van der Waals surface area contributed by atoms with E-state index in [1.165, 1.54) is 44.5 Å². The van der Waals surface area contributed by atoms with Gasteiger partial charge in [-0.3, -0.25) is 0 Å². The van der Waals surface area contributed by atoms with E-state index < -0.39 is 0 Å².